The van der Waals surface area contributed by atoms with Crippen LogP contribution in [0.15, 0.2) is 30.3 Å². The summed E-state index contributed by atoms with van der Waals surface area (Å²) < 4.78 is 33.4. The van der Waals surface area contributed by atoms with Crippen molar-refractivity contribution >= 4 is 5.97 Å². The van der Waals surface area contributed by atoms with Gasteiger partial charge in [0.15, 0.2) is 12.4 Å². The second-order valence-corrected chi connectivity index (χ2v) is 6.19. The third-order valence-corrected chi connectivity index (χ3v) is 4.60. The summed E-state index contributed by atoms with van der Waals surface area (Å²) in [4.78, 5) is 12.1. The highest BCUT2D eigenvalue weighted by atomic mass is 16.7. The first-order valence-corrected chi connectivity index (χ1v) is 8.31. The summed E-state index contributed by atoms with van der Waals surface area (Å²) in [6.07, 6.45) is -2.45. The van der Waals surface area contributed by atoms with Crippen molar-refractivity contribution < 1.29 is 33.2 Å². The highest BCUT2D eigenvalue weighted by Gasteiger charge is 2.51. The van der Waals surface area contributed by atoms with Gasteiger partial charge in [-0.15, -0.1) is 0 Å². The lowest BCUT2D eigenvalue weighted by molar-refractivity contribution is -0.322. The van der Waals surface area contributed by atoms with Crippen LogP contribution < -0.4 is 0 Å². The number of carbonyl (C=O) groups excluding carboxylic acids is 1. The maximum atomic E-state index is 12.1. The Morgan fingerprint density at radius 2 is 1.96 bits per heavy atom. The van der Waals surface area contributed by atoms with Gasteiger partial charge in [0, 0.05) is 18.6 Å². The van der Waals surface area contributed by atoms with E-state index in [4.69, 9.17) is 28.4 Å². The van der Waals surface area contributed by atoms with E-state index in [9.17, 15) is 4.79 Å². The van der Waals surface area contributed by atoms with E-state index in [2.05, 4.69) is 0 Å². The summed E-state index contributed by atoms with van der Waals surface area (Å²) in [7, 11) is 2.86. The average molecular weight is 352 g/mol. The fourth-order valence-electron chi connectivity index (χ4n) is 3.33. The molecule has 0 saturated carbocycles. The lowest BCUT2D eigenvalue weighted by Gasteiger charge is -2.47. The lowest BCUT2D eigenvalue weighted by Crippen LogP contribution is -2.60. The van der Waals surface area contributed by atoms with Gasteiger partial charge in [-0.1, -0.05) is 37.3 Å². The van der Waals surface area contributed by atoms with E-state index in [0.717, 1.165) is 5.56 Å². The number of rotatable bonds is 5. The maximum Gasteiger partial charge on any atom is 0.337 e. The van der Waals surface area contributed by atoms with Crippen LogP contribution >= 0.6 is 0 Å². The van der Waals surface area contributed by atoms with E-state index in [1.54, 1.807) is 0 Å². The third-order valence-electron chi connectivity index (χ3n) is 4.60. The molecule has 7 nitrogen and oxygen atoms in total. The van der Waals surface area contributed by atoms with E-state index in [0.29, 0.717) is 6.61 Å². The first-order valence-electron chi connectivity index (χ1n) is 8.31. The van der Waals surface area contributed by atoms with Gasteiger partial charge in [0.1, 0.15) is 19.0 Å². The van der Waals surface area contributed by atoms with Crippen molar-refractivity contribution in [3.63, 3.8) is 0 Å². The van der Waals surface area contributed by atoms with E-state index in [-0.39, 0.29) is 24.9 Å². The molecule has 1 aromatic carbocycles. The molecule has 0 spiro atoms. The molecule has 0 N–H and O–H groups in total. The Hall–Kier alpha value is -1.51. The molecule has 7 heteroatoms. The number of ether oxygens (including phenoxy) is 6. The molecule has 1 aromatic rings. The normalized spacial score (nSPS) is 35.0. The Balaban J connectivity index is 1.76. The first kappa shape index (κ1) is 18.3. The number of methoxy groups -OCH3 is 2. The standard InChI is InChI=1S/C18H24O7/c1-11-14-13(9-22-18(25-14)12-7-5-4-6-8-12)24-16(17(19)21-3)15(11)23-10-20-2/h4-8,11,13-16,18H,9-10H2,1-3H3/t11?,13?,14-,15?,16-,18?/m1/s1. The predicted octanol–water partition coefficient (Wildman–Crippen LogP) is 1.67. The van der Waals surface area contributed by atoms with Crippen LogP contribution in [-0.4, -0.2) is 58.0 Å². The number of benzene rings is 1. The van der Waals surface area contributed by atoms with Crippen LogP contribution in [0.4, 0.5) is 0 Å². The van der Waals surface area contributed by atoms with Crippen molar-refractivity contribution in [1.82, 2.24) is 0 Å². The van der Waals surface area contributed by atoms with Crippen molar-refractivity contribution in [2.75, 3.05) is 27.6 Å². The Kier molecular flexibility index (Phi) is 6.03. The lowest BCUT2D eigenvalue weighted by atomic mass is 9.86. The zero-order valence-corrected chi connectivity index (χ0v) is 14.6. The van der Waals surface area contributed by atoms with E-state index < -0.39 is 24.5 Å². The molecule has 2 heterocycles. The van der Waals surface area contributed by atoms with Gasteiger partial charge in [0.25, 0.3) is 0 Å². The molecule has 6 atom stereocenters. The quantitative estimate of drug-likeness (QED) is 0.589. The van der Waals surface area contributed by atoms with Crippen LogP contribution in [0, 0.1) is 5.92 Å². The van der Waals surface area contributed by atoms with E-state index in [1.807, 2.05) is 37.3 Å². The molecule has 2 aliphatic heterocycles. The van der Waals surface area contributed by atoms with Gasteiger partial charge in [-0.2, -0.15) is 0 Å². The highest BCUT2D eigenvalue weighted by Crippen LogP contribution is 2.38. The average Bonchev–Trinajstić information content (AvgIpc) is 2.67. The maximum absolute atomic E-state index is 12.1. The molecule has 3 rings (SSSR count). The topological polar surface area (TPSA) is 72.5 Å². The van der Waals surface area contributed by atoms with Crippen LogP contribution in [0.25, 0.3) is 0 Å². The Labute approximate surface area is 147 Å². The Bertz CT molecular complexity index is 564. The third kappa shape index (κ3) is 3.86. The van der Waals surface area contributed by atoms with Gasteiger partial charge >= 0.3 is 5.97 Å². The summed E-state index contributed by atoms with van der Waals surface area (Å²) in [6, 6.07) is 9.72. The van der Waals surface area contributed by atoms with Crippen molar-refractivity contribution in [3.8, 4) is 0 Å². The molecule has 25 heavy (non-hydrogen) atoms. The molecule has 4 unspecified atom stereocenters. The van der Waals surface area contributed by atoms with Crippen LogP contribution in [-0.2, 0) is 33.2 Å². The molecule has 0 bridgehead atoms. The minimum Gasteiger partial charge on any atom is -0.467 e. The molecule has 2 fully saturated rings. The summed E-state index contributed by atoms with van der Waals surface area (Å²) >= 11 is 0. The van der Waals surface area contributed by atoms with Gasteiger partial charge in [0.2, 0.25) is 0 Å². The van der Waals surface area contributed by atoms with Gasteiger partial charge in [0.05, 0.1) is 19.8 Å². The van der Waals surface area contributed by atoms with Gasteiger partial charge in [-0.25, -0.2) is 4.79 Å². The van der Waals surface area contributed by atoms with E-state index >= 15 is 0 Å². The predicted molar refractivity (Wildman–Crippen MR) is 86.6 cm³/mol. The highest BCUT2D eigenvalue weighted by molar-refractivity contribution is 5.75. The molecule has 138 valence electrons. The smallest absolute Gasteiger partial charge is 0.337 e. The Morgan fingerprint density at radius 1 is 1.20 bits per heavy atom. The van der Waals surface area contributed by atoms with Crippen molar-refractivity contribution in [2.24, 2.45) is 5.92 Å². The number of esters is 1. The number of fused-ring (bicyclic) bond motifs is 1. The molecular formula is C18H24O7. The van der Waals surface area contributed by atoms with Crippen molar-refractivity contribution in [3.05, 3.63) is 35.9 Å². The van der Waals surface area contributed by atoms with Crippen LogP contribution in [0.1, 0.15) is 18.8 Å². The molecule has 0 radical (unpaired) electrons. The largest absolute Gasteiger partial charge is 0.467 e. The zero-order chi connectivity index (χ0) is 17.8. The van der Waals surface area contributed by atoms with Crippen LogP contribution in [0.5, 0.6) is 0 Å². The van der Waals surface area contributed by atoms with Crippen molar-refractivity contribution in [1.29, 1.82) is 0 Å². The second-order valence-electron chi connectivity index (χ2n) is 6.19. The summed E-state index contributed by atoms with van der Waals surface area (Å²) in [5, 5.41) is 0. The zero-order valence-electron chi connectivity index (χ0n) is 14.6. The van der Waals surface area contributed by atoms with Gasteiger partial charge in [-0.3, -0.25) is 0 Å². The van der Waals surface area contributed by atoms with Crippen LogP contribution in [0.3, 0.4) is 0 Å². The summed E-state index contributed by atoms with van der Waals surface area (Å²) in [6.45, 7) is 2.37. The van der Waals surface area contributed by atoms with Crippen LogP contribution in [0.2, 0.25) is 0 Å². The minimum atomic E-state index is -0.836. The molecule has 0 aliphatic carbocycles. The molecular weight excluding hydrogens is 328 g/mol. The SMILES string of the molecule is COCOC1C(C)[C@H]2OC(c3ccccc3)OCC2O[C@H]1C(=O)OC. The minimum absolute atomic E-state index is 0.0574. The molecule has 2 aliphatic rings. The first-order chi connectivity index (χ1) is 12.2. The van der Waals surface area contributed by atoms with Gasteiger partial charge < -0.3 is 28.4 Å². The van der Waals surface area contributed by atoms with Crippen molar-refractivity contribution in [2.45, 2.75) is 37.6 Å². The monoisotopic (exact) mass is 352 g/mol. The number of hydrogen-bond acceptors (Lipinski definition) is 7. The van der Waals surface area contributed by atoms with E-state index in [1.165, 1.54) is 14.2 Å². The Morgan fingerprint density at radius 3 is 2.64 bits per heavy atom. The summed E-state index contributed by atoms with van der Waals surface area (Å²) in [5.41, 5.74) is 0.942. The molecule has 0 amide bonds. The number of carbonyl (C=O) groups is 1. The summed E-state index contributed by atoms with van der Waals surface area (Å²) in [5.74, 6) is -0.579. The fourth-order valence-corrected chi connectivity index (χ4v) is 3.33. The second kappa shape index (κ2) is 8.25. The fraction of sp³-hybridized carbons (Fsp3) is 0.611. The molecule has 2 saturated heterocycles. The molecule has 0 aromatic heterocycles. The van der Waals surface area contributed by atoms with Gasteiger partial charge in [-0.05, 0) is 0 Å². The number of hydrogen-bond donors (Lipinski definition) is 0.